The predicted molar refractivity (Wildman–Crippen MR) is 149 cm³/mol. The molecule has 40 heavy (non-hydrogen) atoms. The Hall–Kier alpha value is -3.90. The van der Waals surface area contributed by atoms with Crippen LogP contribution in [0.2, 0.25) is 5.02 Å². The van der Waals surface area contributed by atoms with Crippen LogP contribution in [0.3, 0.4) is 0 Å². The second-order valence-corrected chi connectivity index (χ2v) is 10.5. The molecule has 3 heterocycles. The fraction of sp³-hybridized carbons (Fsp3) is 0.370. The molecule has 0 saturated carbocycles. The fourth-order valence-electron chi connectivity index (χ4n) is 5.21. The first-order chi connectivity index (χ1) is 19.1. The molecule has 4 amide bonds. The number of amides is 4. The molecule has 0 aliphatic carbocycles. The summed E-state index contributed by atoms with van der Waals surface area (Å²) in [6.45, 7) is 2.75. The first-order valence-electron chi connectivity index (χ1n) is 12.9. The number of likely N-dealkylation sites (N-methyl/N-ethyl adjacent to an activating group) is 1. The molecular weight excluding hydrogens is 544 g/mol. The molecule has 0 bridgehead atoms. The molecule has 5 rings (SSSR count). The predicted octanol–water partition coefficient (Wildman–Crippen LogP) is 3.37. The van der Waals surface area contributed by atoms with E-state index in [0.717, 1.165) is 36.8 Å². The molecule has 2 aliphatic rings. The van der Waals surface area contributed by atoms with Crippen molar-refractivity contribution in [1.29, 1.82) is 0 Å². The van der Waals surface area contributed by atoms with Crippen LogP contribution in [0.5, 0.6) is 0 Å². The summed E-state index contributed by atoms with van der Waals surface area (Å²) in [6, 6.07) is 7.49. The Morgan fingerprint density at radius 2 is 1.85 bits per heavy atom. The van der Waals surface area contributed by atoms with Crippen LogP contribution in [-0.4, -0.2) is 84.3 Å². The zero-order valence-corrected chi connectivity index (χ0v) is 22.6. The highest BCUT2D eigenvalue weighted by molar-refractivity contribution is 6.31. The average molecular weight is 574 g/mol. The number of urea groups is 1. The van der Waals surface area contributed by atoms with E-state index in [4.69, 9.17) is 17.3 Å². The lowest BCUT2D eigenvalue weighted by Crippen LogP contribution is -2.47. The lowest BCUT2D eigenvalue weighted by molar-refractivity contribution is -0.124. The molecule has 1 aromatic heterocycles. The van der Waals surface area contributed by atoms with Gasteiger partial charge in [-0.1, -0.05) is 29.8 Å². The first kappa shape index (κ1) is 27.7. The number of rotatable bonds is 5. The second kappa shape index (κ2) is 11.3. The molecule has 0 unspecified atom stereocenters. The number of carbonyl (C=O) groups excluding carboxylic acids is 3. The van der Waals surface area contributed by atoms with Gasteiger partial charge in [-0.2, -0.15) is 0 Å². The Kier molecular flexibility index (Phi) is 7.81. The van der Waals surface area contributed by atoms with Crippen LogP contribution in [-0.2, 0) is 11.3 Å². The van der Waals surface area contributed by atoms with Crippen molar-refractivity contribution in [3.05, 3.63) is 59.0 Å². The minimum Gasteiger partial charge on any atom is -0.369 e. The van der Waals surface area contributed by atoms with Crippen LogP contribution in [0.4, 0.5) is 29.7 Å². The average Bonchev–Trinajstić information content (AvgIpc) is 3.51. The molecule has 2 aliphatic heterocycles. The molecular formula is C27H30ClF2N7O3. The monoisotopic (exact) mass is 573 g/mol. The lowest BCUT2D eigenvalue weighted by atomic mass is 10.1. The molecule has 0 radical (unpaired) electrons. The number of nitrogens with one attached hydrogen (secondary N) is 2. The standard InChI is InChI=1S/C27H30ClF2N7O3/c1-34-6-8-35(9-7-34)18-10-16(24(30)20(28)12-18)13-32-25(38)23-11-17(29)14-37(23)27(40)33-21-15-36(26(31)39)22-5-3-2-4-19(21)22/h2-5,10,12,15,17,23H,6-9,11,13-14H2,1H3,(H2,31,39)(H,32,38)(H,33,40)/t17-,23+/m1/s1. The number of para-hydroxylation sites is 1. The molecule has 13 heteroatoms. The molecule has 2 fully saturated rings. The molecule has 2 aromatic carbocycles. The molecule has 4 N–H and O–H groups in total. The summed E-state index contributed by atoms with van der Waals surface area (Å²) in [5.41, 5.74) is 7.17. The Morgan fingerprint density at radius 1 is 1.12 bits per heavy atom. The summed E-state index contributed by atoms with van der Waals surface area (Å²) >= 11 is 6.17. The molecule has 212 valence electrons. The molecule has 3 aromatic rings. The van der Waals surface area contributed by atoms with Crippen LogP contribution in [0.15, 0.2) is 42.6 Å². The van der Waals surface area contributed by atoms with Gasteiger partial charge in [0, 0.05) is 62.0 Å². The van der Waals surface area contributed by atoms with Crippen molar-refractivity contribution in [3.63, 3.8) is 0 Å². The number of nitrogens with two attached hydrogens (primary N) is 1. The SMILES string of the molecule is CN1CCN(c2cc(Cl)c(F)c(CNC(=O)[C@@H]3C[C@@H](F)CN3C(=O)Nc3cn(C(N)=O)c4ccccc34)c2)CC1. The van der Waals surface area contributed by atoms with E-state index in [1.807, 2.05) is 7.05 Å². The van der Waals surface area contributed by atoms with Gasteiger partial charge in [0.05, 0.1) is 22.8 Å². The minimum absolute atomic E-state index is 0.0542. The maximum Gasteiger partial charge on any atom is 0.323 e. The second-order valence-electron chi connectivity index (χ2n) is 10.1. The van der Waals surface area contributed by atoms with Gasteiger partial charge in [-0.25, -0.2) is 18.4 Å². The maximum atomic E-state index is 14.9. The number of hydrogen-bond acceptors (Lipinski definition) is 5. The number of nitrogens with zero attached hydrogens (tertiary/aromatic N) is 4. The Balaban J connectivity index is 1.29. The Morgan fingerprint density at radius 3 is 2.58 bits per heavy atom. The van der Waals surface area contributed by atoms with Gasteiger partial charge in [0.2, 0.25) is 5.91 Å². The van der Waals surface area contributed by atoms with Crippen LogP contribution >= 0.6 is 11.6 Å². The van der Waals surface area contributed by atoms with Crippen molar-refractivity contribution in [2.24, 2.45) is 5.73 Å². The third-order valence-corrected chi connectivity index (χ3v) is 7.69. The molecule has 0 spiro atoms. The van der Waals surface area contributed by atoms with Gasteiger partial charge in [0.15, 0.2) is 0 Å². The Labute approximate surface area is 234 Å². The zero-order chi connectivity index (χ0) is 28.6. The maximum absolute atomic E-state index is 14.9. The van der Waals surface area contributed by atoms with E-state index >= 15 is 0 Å². The largest absolute Gasteiger partial charge is 0.369 e. The van der Waals surface area contributed by atoms with E-state index < -0.39 is 36.0 Å². The van der Waals surface area contributed by atoms with E-state index in [1.165, 1.54) is 10.8 Å². The highest BCUT2D eigenvalue weighted by atomic mass is 35.5. The van der Waals surface area contributed by atoms with Gasteiger partial charge in [0.1, 0.15) is 18.0 Å². The normalized spacial score (nSPS) is 19.7. The number of hydrogen-bond donors (Lipinski definition) is 3. The molecule has 2 saturated heterocycles. The van der Waals surface area contributed by atoms with E-state index in [9.17, 15) is 23.2 Å². The van der Waals surface area contributed by atoms with Crippen LogP contribution in [0.1, 0.15) is 12.0 Å². The molecule has 10 nitrogen and oxygen atoms in total. The summed E-state index contributed by atoms with van der Waals surface area (Å²) in [5, 5.41) is 5.82. The van der Waals surface area contributed by atoms with Gasteiger partial charge < -0.3 is 31.1 Å². The highest BCUT2D eigenvalue weighted by Crippen LogP contribution is 2.29. The summed E-state index contributed by atoms with van der Waals surface area (Å²) in [7, 11) is 2.03. The fourth-order valence-corrected chi connectivity index (χ4v) is 5.45. The number of anilines is 2. The summed E-state index contributed by atoms with van der Waals surface area (Å²) in [6.07, 6.45) is -0.240. The van der Waals surface area contributed by atoms with Crippen molar-refractivity contribution < 1.29 is 23.2 Å². The third kappa shape index (κ3) is 5.54. The zero-order valence-electron chi connectivity index (χ0n) is 21.9. The van der Waals surface area contributed by atoms with Gasteiger partial charge in [-0.15, -0.1) is 0 Å². The number of benzene rings is 2. The van der Waals surface area contributed by atoms with Crippen molar-refractivity contribution >= 4 is 51.8 Å². The summed E-state index contributed by atoms with van der Waals surface area (Å²) < 4.78 is 30.5. The topological polar surface area (TPSA) is 116 Å². The van der Waals surface area contributed by atoms with Crippen LogP contribution in [0.25, 0.3) is 10.9 Å². The van der Waals surface area contributed by atoms with Crippen molar-refractivity contribution in [2.45, 2.75) is 25.2 Å². The minimum atomic E-state index is -1.42. The van der Waals surface area contributed by atoms with E-state index in [1.54, 1.807) is 36.4 Å². The number of fused-ring (bicyclic) bond motifs is 1. The number of alkyl halides is 1. The number of aromatic nitrogens is 1. The van der Waals surface area contributed by atoms with Crippen molar-refractivity contribution in [3.8, 4) is 0 Å². The lowest BCUT2D eigenvalue weighted by Gasteiger charge is -2.34. The van der Waals surface area contributed by atoms with Gasteiger partial charge in [-0.3, -0.25) is 9.36 Å². The third-order valence-electron chi connectivity index (χ3n) is 7.41. The van der Waals surface area contributed by atoms with E-state index in [-0.39, 0.29) is 30.1 Å². The summed E-state index contributed by atoms with van der Waals surface area (Å²) in [5.74, 6) is -1.26. The van der Waals surface area contributed by atoms with Gasteiger partial charge in [-0.05, 0) is 25.2 Å². The van der Waals surface area contributed by atoms with Crippen LogP contribution < -0.4 is 21.3 Å². The number of halogens is 3. The van der Waals surface area contributed by atoms with Crippen LogP contribution in [0, 0.1) is 5.82 Å². The summed E-state index contributed by atoms with van der Waals surface area (Å²) in [4.78, 5) is 43.5. The quantitative estimate of drug-likeness (QED) is 0.433. The Bertz CT molecular complexity index is 1460. The number of carbonyl (C=O) groups is 3. The number of likely N-dealkylation sites (tertiary alicyclic amines) is 1. The first-order valence-corrected chi connectivity index (χ1v) is 13.3. The van der Waals surface area contributed by atoms with Crippen molar-refractivity contribution in [1.82, 2.24) is 19.7 Å². The van der Waals surface area contributed by atoms with Gasteiger partial charge >= 0.3 is 12.1 Å². The van der Waals surface area contributed by atoms with Crippen molar-refractivity contribution in [2.75, 3.05) is 50.0 Å². The molecule has 2 atom stereocenters. The number of piperazine rings is 1. The van der Waals surface area contributed by atoms with E-state index in [2.05, 4.69) is 20.4 Å². The highest BCUT2D eigenvalue weighted by Gasteiger charge is 2.40. The smallest absolute Gasteiger partial charge is 0.323 e. The van der Waals surface area contributed by atoms with Gasteiger partial charge in [0.25, 0.3) is 0 Å². The van der Waals surface area contributed by atoms with E-state index in [0.29, 0.717) is 16.6 Å². The number of primary amides is 1.